The second-order valence-electron chi connectivity index (χ2n) is 4.42. The molecule has 1 rings (SSSR count). The van der Waals surface area contributed by atoms with E-state index in [1.54, 1.807) is 11.1 Å². The number of carbonyl (C=O) groups excluding carboxylic acids is 1. The van der Waals surface area contributed by atoms with Crippen molar-refractivity contribution in [2.24, 2.45) is 11.3 Å². The Bertz CT molecular complexity index is 202. The predicted molar refractivity (Wildman–Crippen MR) is 49.5 cm³/mol. The molecule has 1 unspecified atom stereocenters. The lowest BCUT2D eigenvalue weighted by molar-refractivity contribution is -0.131. The van der Waals surface area contributed by atoms with Crippen molar-refractivity contribution >= 4 is 5.91 Å². The second kappa shape index (κ2) is 2.92. The van der Waals surface area contributed by atoms with E-state index in [4.69, 9.17) is 0 Å². The van der Waals surface area contributed by atoms with Crippen LogP contribution in [0.15, 0.2) is 12.8 Å². The van der Waals surface area contributed by atoms with Crippen LogP contribution in [0.1, 0.15) is 27.2 Å². The fourth-order valence-electron chi connectivity index (χ4n) is 1.69. The highest BCUT2D eigenvalue weighted by molar-refractivity contribution is 5.82. The summed E-state index contributed by atoms with van der Waals surface area (Å²) in [5.74, 6) is 0.410. The minimum absolute atomic E-state index is 0.0921. The molecule has 0 bridgehead atoms. The van der Waals surface area contributed by atoms with E-state index in [0.717, 1.165) is 13.0 Å². The summed E-state index contributed by atoms with van der Waals surface area (Å²) in [4.78, 5) is 13.4. The van der Waals surface area contributed by atoms with Gasteiger partial charge in [-0.25, -0.2) is 0 Å². The third-order valence-electron chi connectivity index (χ3n) is 2.51. The van der Waals surface area contributed by atoms with E-state index < -0.39 is 0 Å². The van der Waals surface area contributed by atoms with Gasteiger partial charge in [-0.15, -0.1) is 0 Å². The van der Waals surface area contributed by atoms with Crippen molar-refractivity contribution in [1.82, 2.24) is 4.90 Å². The zero-order valence-corrected chi connectivity index (χ0v) is 8.13. The summed E-state index contributed by atoms with van der Waals surface area (Å²) in [6, 6.07) is 0. The Kier molecular flexibility index (Phi) is 2.27. The lowest BCUT2D eigenvalue weighted by Crippen LogP contribution is -2.29. The third kappa shape index (κ3) is 1.52. The fraction of sp³-hybridized carbons (Fsp3) is 0.700. The van der Waals surface area contributed by atoms with E-state index in [0.29, 0.717) is 0 Å². The number of carbonyl (C=O) groups is 1. The van der Waals surface area contributed by atoms with Gasteiger partial charge in [0.05, 0.1) is 0 Å². The van der Waals surface area contributed by atoms with Gasteiger partial charge < -0.3 is 4.90 Å². The van der Waals surface area contributed by atoms with Crippen LogP contribution in [-0.4, -0.2) is 17.4 Å². The van der Waals surface area contributed by atoms with Crippen LogP contribution < -0.4 is 0 Å². The smallest absolute Gasteiger partial charge is 0.230 e. The van der Waals surface area contributed by atoms with E-state index in [-0.39, 0.29) is 17.2 Å². The van der Waals surface area contributed by atoms with Crippen LogP contribution in [0.5, 0.6) is 0 Å². The molecule has 1 aliphatic heterocycles. The minimum atomic E-state index is 0.0921. The summed E-state index contributed by atoms with van der Waals surface area (Å²) in [5.41, 5.74) is 0.0921. The molecule has 0 aromatic rings. The highest BCUT2D eigenvalue weighted by Crippen LogP contribution is 2.34. The van der Waals surface area contributed by atoms with Crippen molar-refractivity contribution in [3.63, 3.8) is 0 Å². The number of hydrogen-bond acceptors (Lipinski definition) is 1. The van der Waals surface area contributed by atoms with Crippen LogP contribution in [0, 0.1) is 11.3 Å². The van der Waals surface area contributed by atoms with Crippen molar-refractivity contribution < 1.29 is 4.79 Å². The molecule has 0 radical (unpaired) electrons. The molecule has 0 aliphatic carbocycles. The Labute approximate surface area is 74.2 Å². The van der Waals surface area contributed by atoms with Crippen molar-refractivity contribution in [2.75, 3.05) is 6.54 Å². The number of hydrogen-bond donors (Lipinski definition) is 0. The van der Waals surface area contributed by atoms with Crippen LogP contribution in [0.2, 0.25) is 0 Å². The van der Waals surface area contributed by atoms with Crippen molar-refractivity contribution in [3.8, 4) is 0 Å². The van der Waals surface area contributed by atoms with E-state index in [9.17, 15) is 4.79 Å². The number of likely N-dealkylation sites (tertiary alicyclic amines) is 1. The second-order valence-corrected chi connectivity index (χ2v) is 4.42. The summed E-state index contributed by atoms with van der Waals surface area (Å²) in [6.45, 7) is 10.8. The Morgan fingerprint density at radius 1 is 1.58 bits per heavy atom. The van der Waals surface area contributed by atoms with Crippen LogP contribution in [0.3, 0.4) is 0 Å². The first-order chi connectivity index (χ1) is 5.46. The normalized spacial score (nSPS) is 24.8. The van der Waals surface area contributed by atoms with E-state index in [2.05, 4.69) is 27.4 Å². The van der Waals surface area contributed by atoms with Gasteiger partial charge >= 0.3 is 0 Å². The topological polar surface area (TPSA) is 20.3 Å². The highest BCUT2D eigenvalue weighted by atomic mass is 16.2. The van der Waals surface area contributed by atoms with Gasteiger partial charge in [-0.1, -0.05) is 27.4 Å². The number of nitrogens with zero attached hydrogens (tertiary/aromatic N) is 1. The molecule has 1 atom stereocenters. The van der Waals surface area contributed by atoms with Crippen molar-refractivity contribution in [2.45, 2.75) is 27.2 Å². The molecule has 68 valence electrons. The maximum Gasteiger partial charge on any atom is 0.230 e. The molecule has 0 spiro atoms. The van der Waals surface area contributed by atoms with Gasteiger partial charge in [0.1, 0.15) is 0 Å². The quantitative estimate of drug-likeness (QED) is 0.585. The lowest BCUT2D eigenvalue weighted by atomic mass is 9.80. The Balaban J connectivity index is 2.74. The molecule has 1 amide bonds. The first kappa shape index (κ1) is 9.30. The first-order valence-corrected chi connectivity index (χ1v) is 4.40. The molecule has 12 heavy (non-hydrogen) atoms. The summed E-state index contributed by atoms with van der Waals surface area (Å²) in [6.07, 6.45) is 2.60. The lowest BCUT2D eigenvalue weighted by Gasteiger charge is -2.24. The average Bonchev–Trinajstić information content (AvgIpc) is 2.29. The summed E-state index contributed by atoms with van der Waals surface area (Å²) in [7, 11) is 0. The largest absolute Gasteiger partial charge is 0.319 e. The van der Waals surface area contributed by atoms with Gasteiger partial charge in [0.15, 0.2) is 0 Å². The SMILES string of the molecule is C=CN1CCC(C(C)(C)C)C1=O. The zero-order valence-electron chi connectivity index (χ0n) is 8.13. The maximum atomic E-state index is 11.6. The molecule has 1 heterocycles. The highest BCUT2D eigenvalue weighted by Gasteiger charge is 2.38. The van der Waals surface area contributed by atoms with E-state index in [1.165, 1.54) is 0 Å². The van der Waals surface area contributed by atoms with Crippen LogP contribution >= 0.6 is 0 Å². The van der Waals surface area contributed by atoms with Crippen LogP contribution in [-0.2, 0) is 4.79 Å². The predicted octanol–water partition coefficient (Wildman–Crippen LogP) is 2.02. The van der Waals surface area contributed by atoms with Crippen molar-refractivity contribution in [3.05, 3.63) is 12.8 Å². The molecule has 2 heteroatoms. The van der Waals surface area contributed by atoms with Gasteiger partial charge in [0.25, 0.3) is 0 Å². The van der Waals surface area contributed by atoms with Gasteiger partial charge in [-0.3, -0.25) is 4.79 Å². The first-order valence-electron chi connectivity index (χ1n) is 4.40. The molecule has 0 N–H and O–H groups in total. The Morgan fingerprint density at radius 3 is 2.42 bits per heavy atom. The molecule has 1 aliphatic rings. The van der Waals surface area contributed by atoms with Crippen molar-refractivity contribution in [1.29, 1.82) is 0 Å². The molecule has 0 saturated carbocycles. The summed E-state index contributed by atoms with van der Waals surface area (Å²) >= 11 is 0. The number of amides is 1. The minimum Gasteiger partial charge on any atom is -0.319 e. The molecule has 2 nitrogen and oxygen atoms in total. The maximum absolute atomic E-state index is 11.6. The van der Waals surface area contributed by atoms with Gasteiger partial charge in [0, 0.05) is 12.5 Å². The average molecular weight is 167 g/mol. The van der Waals surface area contributed by atoms with E-state index >= 15 is 0 Å². The zero-order chi connectivity index (χ0) is 9.35. The molecular weight excluding hydrogens is 150 g/mol. The fourth-order valence-corrected chi connectivity index (χ4v) is 1.69. The van der Waals surface area contributed by atoms with E-state index in [1.807, 2.05) is 0 Å². The Hall–Kier alpha value is -0.790. The molecule has 0 aromatic carbocycles. The summed E-state index contributed by atoms with van der Waals surface area (Å²) in [5, 5.41) is 0. The van der Waals surface area contributed by atoms with Crippen LogP contribution in [0.4, 0.5) is 0 Å². The monoisotopic (exact) mass is 167 g/mol. The summed E-state index contributed by atoms with van der Waals surface area (Å²) < 4.78 is 0. The Morgan fingerprint density at radius 2 is 2.17 bits per heavy atom. The van der Waals surface area contributed by atoms with Crippen LogP contribution in [0.25, 0.3) is 0 Å². The molecule has 1 saturated heterocycles. The number of rotatable bonds is 1. The third-order valence-corrected chi connectivity index (χ3v) is 2.51. The van der Waals surface area contributed by atoms with Gasteiger partial charge in [-0.05, 0) is 18.0 Å². The van der Waals surface area contributed by atoms with Gasteiger partial charge in [0.2, 0.25) is 5.91 Å². The molecular formula is C10H17NO. The molecule has 1 fully saturated rings. The van der Waals surface area contributed by atoms with Gasteiger partial charge in [-0.2, -0.15) is 0 Å². The standard InChI is InChI=1S/C10H17NO/c1-5-11-7-6-8(9(11)12)10(2,3)4/h5,8H,1,6-7H2,2-4H3. The molecule has 0 aromatic heterocycles.